The van der Waals surface area contributed by atoms with Crippen molar-refractivity contribution in [2.45, 2.75) is 45.7 Å². The monoisotopic (exact) mass is 242 g/mol. The van der Waals surface area contributed by atoms with Crippen LogP contribution in [-0.2, 0) is 4.79 Å². The van der Waals surface area contributed by atoms with E-state index in [1.807, 2.05) is 20.8 Å². The summed E-state index contributed by atoms with van der Waals surface area (Å²) in [5.74, 6) is -0.927. The third-order valence-corrected chi connectivity index (χ3v) is 2.22. The van der Waals surface area contributed by atoms with E-state index in [0.29, 0.717) is 6.54 Å². The first-order valence-electron chi connectivity index (χ1n) is 5.59. The Hall–Kier alpha value is -1.52. The molecule has 5 nitrogen and oxygen atoms in total. The van der Waals surface area contributed by atoms with Crippen molar-refractivity contribution in [3.05, 3.63) is 12.7 Å². The van der Waals surface area contributed by atoms with Gasteiger partial charge in [0.1, 0.15) is 0 Å². The summed E-state index contributed by atoms with van der Waals surface area (Å²) in [6, 6.07) is -0.666. The van der Waals surface area contributed by atoms with Crippen molar-refractivity contribution in [1.29, 1.82) is 0 Å². The number of carbonyl (C=O) groups is 2. The van der Waals surface area contributed by atoms with E-state index in [-0.39, 0.29) is 18.0 Å². The third kappa shape index (κ3) is 5.94. The van der Waals surface area contributed by atoms with E-state index in [1.165, 1.54) is 0 Å². The van der Waals surface area contributed by atoms with Crippen LogP contribution in [-0.4, -0.2) is 40.1 Å². The molecule has 98 valence electrons. The third-order valence-electron chi connectivity index (χ3n) is 2.22. The van der Waals surface area contributed by atoms with Gasteiger partial charge in [-0.05, 0) is 27.7 Å². The number of hydrogen-bond acceptors (Lipinski definition) is 2. The predicted molar refractivity (Wildman–Crippen MR) is 66.9 cm³/mol. The highest BCUT2D eigenvalue weighted by atomic mass is 16.4. The number of urea groups is 1. The van der Waals surface area contributed by atoms with E-state index >= 15 is 0 Å². The summed E-state index contributed by atoms with van der Waals surface area (Å²) in [6.45, 7) is 11.4. The first kappa shape index (κ1) is 15.5. The maximum atomic E-state index is 11.9. The molecule has 2 N–H and O–H groups in total. The first-order valence-corrected chi connectivity index (χ1v) is 5.59. The Morgan fingerprint density at radius 1 is 1.47 bits per heavy atom. The maximum Gasteiger partial charge on any atom is 0.318 e. The number of nitrogens with zero attached hydrogens (tertiary/aromatic N) is 1. The van der Waals surface area contributed by atoms with Crippen molar-refractivity contribution in [1.82, 2.24) is 10.2 Å². The maximum absolute atomic E-state index is 11.9. The molecule has 0 spiro atoms. The highest BCUT2D eigenvalue weighted by Crippen LogP contribution is 2.13. The summed E-state index contributed by atoms with van der Waals surface area (Å²) in [5, 5.41) is 11.3. The van der Waals surface area contributed by atoms with Gasteiger partial charge in [0.25, 0.3) is 0 Å². The highest BCUT2D eigenvalue weighted by Gasteiger charge is 2.26. The number of nitrogens with one attached hydrogen (secondary N) is 1. The highest BCUT2D eigenvalue weighted by molar-refractivity contribution is 5.76. The summed E-state index contributed by atoms with van der Waals surface area (Å²) >= 11 is 0. The van der Waals surface area contributed by atoms with E-state index in [1.54, 1.807) is 17.9 Å². The van der Waals surface area contributed by atoms with Crippen molar-refractivity contribution >= 4 is 12.0 Å². The number of amides is 2. The number of rotatable bonds is 5. The Bertz CT molecular complexity index is 295. The summed E-state index contributed by atoms with van der Waals surface area (Å²) in [4.78, 5) is 24.1. The van der Waals surface area contributed by atoms with Gasteiger partial charge in [0.15, 0.2) is 0 Å². The lowest BCUT2D eigenvalue weighted by Gasteiger charge is -2.35. The van der Waals surface area contributed by atoms with Gasteiger partial charge in [-0.2, -0.15) is 0 Å². The van der Waals surface area contributed by atoms with Crippen LogP contribution in [0, 0.1) is 0 Å². The van der Waals surface area contributed by atoms with Crippen LogP contribution in [0.4, 0.5) is 4.79 Å². The van der Waals surface area contributed by atoms with Gasteiger partial charge in [-0.1, -0.05) is 6.08 Å². The molecular weight excluding hydrogens is 220 g/mol. The van der Waals surface area contributed by atoms with Crippen LogP contribution in [0.15, 0.2) is 12.7 Å². The van der Waals surface area contributed by atoms with E-state index < -0.39 is 12.0 Å². The largest absolute Gasteiger partial charge is 0.481 e. The van der Waals surface area contributed by atoms with Crippen LogP contribution in [0.2, 0.25) is 0 Å². The molecule has 0 saturated heterocycles. The fourth-order valence-corrected chi connectivity index (χ4v) is 1.39. The number of carbonyl (C=O) groups excluding carboxylic acids is 1. The van der Waals surface area contributed by atoms with Crippen LogP contribution in [0.25, 0.3) is 0 Å². The Morgan fingerprint density at radius 3 is 2.35 bits per heavy atom. The molecule has 0 saturated carbocycles. The summed E-state index contributed by atoms with van der Waals surface area (Å²) in [5.41, 5.74) is -0.332. The SMILES string of the molecule is C=CCN(C(=O)NC(C)CC(=O)O)C(C)(C)C. The van der Waals surface area contributed by atoms with Gasteiger partial charge in [0.05, 0.1) is 6.42 Å². The van der Waals surface area contributed by atoms with Gasteiger partial charge < -0.3 is 15.3 Å². The summed E-state index contributed by atoms with van der Waals surface area (Å²) in [6.07, 6.45) is 1.56. The standard InChI is InChI=1S/C12H22N2O3/c1-6-7-14(12(3,4)5)11(17)13-9(2)8-10(15)16/h6,9H,1,7-8H2,2-5H3,(H,13,17)(H,15,16). The number of aliphatic carboxylic acids is 1. The Morgan fingerprint density at radius 2 is 2.00 bits per heavy atom. The fourth-order valence-electron chi connectivity index (χ4n) is 1.39. The summed E-state index contributed by atoms with van der Waals surface area (Å²) < 4.78 is 0. The molecule has 17 heavy (non-hydrogen) atoms. The second-order valence-electron chi connectivity index (χ2n) is 5.02. The van der Waals surface area contributed by atoms with Crippen LogP contribution in [0.5, 0.6) is 0 Å². The van der Waals surface area contributed by atoms with Crippen LogP contribution < -0.4 is 5.32 Å². The zero-order chi connectivity index (χ0) is 13.6. The van der Waals surface area contributed by atoms with Gasteiger partial charge in [-0.3, -0.25) is 4.79 Å². The lowest BCUT2D eigenvalue weighted by atomic mass is 10.1. The minimum absolute atomic E-state index is 0.0855. The van der Waals surface area contributed by atoms with Crippen molar-refractivity contribution in [2.75, 3.05) is 6.54 Å². The van der Waals surface area contributed by atoms with Crippen molar-refractivity contribution in [2.24, 2.45) is 0 Å². The number of carboxylic acid groups (broad SMARTS) is 1. The molecule has 2 amide bonds. The molecule has 0 aromatic carbocycles. The van der Waals surface area contributed by atoms with Crippen LogP contribution in [0.1, 0.15) is 34.1 Å². The normalized spacial score (nSPS) is 12.7. The van der Waals surface area contributed by atoms with Crippen molar-refractivity contribution in [3.8, 4) is 0 Å². The molecule has 0 radical (unpaired) electrons. The van der Waals surface area contributed by atoms with E-state index in [4.69, 9.17) is 5.11 Å². The minimum Gasteiger partial charge on any atom is -0.481 e. The molecule has 0 heterocycles. The molecule has 0 rings (SSSR count). The molecule has 0 fully saturated rings. The Kier molecular flexibility index (Phi) is 5.71. The first-order chi connectivity index (χ1) is 7.68. The average Bonchev–Trinajstić information content (AvgIpc) is 2.10. The quantitative estimate of drug-likeness (QED) is 0.723. The second kappa shape index (κ2) is 6.27. The lowest BCUT2D eigenvalue weighted by molar-refractivity contribution is -0.137. The van der Waals surface area contributed by atoms with Gasteiger partial charge in [0.2, 0.25) is 0 Å². The van der Waals surface area contributed by atoms with E-state index in [2.05, 4.69) is 11.9 Å². The molecule has 0 aliphatic carbocycles. The molecule has 1 unspecified atom stereocenters. The zero-order valence-electron chi connectivity index (χ0n) is 11.0. The summed E-state index contributed by atoms with van der Waals surface area (Å²) in [7, 11) is 0. The Labute approximate surface area is 102 Å². The van der Waals surface area contributed by atoms with Gasteiger partial charge in [-0.25, -0.2) is 4.79 Å². The van der Waals surface area contributed by atoms with Gasteiger partial charge in [0, 0.05) is 18.1 Å². The molecule has 0 aliphatic heterocycles. The molecule has 5 heteroatoms. The second-order valence-corrected chi connectivity index (χ2v) is 5.02. The predicted octanol–water partition coefficient (Wildman–Crippen LogP) is 1.85. The fraction of sp³-hybridized carbons (Fsp3) is 0.667. The van der Waals surface area contributed by atoms with Crippen molar-refractivity contribution < 1.29 is 14.7 Å². The van der Waals surface area contributed by atoms with Gasteiger partial charge >= 0.3 is 12.0 Å². The molecule has 0 aliphatic rings. The number of hydrogen-bond donors (Lipinski definition) is 2. The minimum atomic E-state index is -0.927. The smallest absolute Gasteiger partial charge is 0.318 e. The Balaban J connectivity index is 4.53. The average molecular weight is 242 g/mol. The molecule has 0 bridgehead atoms. The number of carboxylic acids is 1. The van der Waals surface area contributed by atoms with Crippen LogP contribution >= 0.6 is 0 Å². The molecule has 0 aromatic rings. The molecular formula is C12H22N2O3. The lowest BCUT2D eigenvalue weighted by Crippen LogP contribution is -2.52. The zero-order valence-corrected chi connectivity index (χ0v) is 11.0. The van der Waals surface area contributed by atoms with E-state index in [9.17, 15) is 9.59 Å². The van der Waals surface area contributed by atoms with Crippen LogP contribution in [0.3, 0.4) is 0 Å². The van der Waals surface area contributed by atoms with E-state index in [0.717, 1.165) is 0 Å². The topological polar surface area (TPSA) is 69.6 Å². The van der Waals surface area contributed by atoms with Crippen molar-refractivity contribution in [3.63, 3.8) is 0 Å². The van der Waals surface area contributed by atoms with Gasteiger partial charge in [-0.15, -0.1) is 6.58 Å². The molecule has 0 aromatic heterocycles. The molecule has 1 atom stereocenters.